The monoisotopic (exact) mass is 415 g/mol. The largest absolute Gasteiger partial charge is 0.391 e. The van der Waals surface area contributed by atoms with E-state index in [4.69, 9.17) is 11.6 Å². The number of likely N-dealkylation sites (tertiary alicyclic amines) is 1. The van der Waals surface area contributed by atoms with Crippen LogP contribution in [0.5, 0.6) is 0 Å². The fourth-order valence-corrected chi connectivity index (χ4v) is 3.56. The highest BCUT2D eigenvalue weighted by molar-refractivity contribution is 6.30. The third-order valence-corrected chi connectivity index (χ3v) is 5.28. The van der Waals surface area contributed by atoms with Gasteiger partial charge in [0.15, 0.2) is 0 Å². The molecule has 2 aromatic carbocycles. The molecule has 154 valence electrons. The van der Waals surface area contributed by atoms with Crippen LogP contribution in [-0.4, -0.2) is 47.6 Å². The summed E-state index contributed by atoms with van der Waals surface area (Å²) in [6.45, 7) is 2.92. The van der Waals surface area contributed by atoms with Gasteiger partial charge in [-0.05, 0) is 49.6 Å². The maximum atomic E-state index is 12.9. The molecule has 3 N–H and O–H groups in total. The molecule has 7 heteroatoms. The van der Waals surface area contributed by atoms with Gasteiger partial charge in [0.05, 0.1) is 24.3 Å². The van der Waals surface area contributed by atoms with Crippen molar-refractivity contribution in [3.63, 3.8) is 0 Å². The summed E-state index contributed by atoms with van der Waals surface area (Å²) < 4.78 is 0. The molecule has 1 heterocycles. The minimum Gasteiger partial charge on any atom is -0.391 e. The molecule has 2 unspecified atom stereocenters. The van der Waals surface area contributed by atoms with E-state index in [0.29, 0.717) is 29.4 Å². The number of rotatable bonds is 6. The molecule has 6 nitrogen and oxygen atoms in total. The van der Waals surface area contributed by atoms with Gasteiger partial charge in [-0.25, -0.2) is 0 Å². The highest BCUT2D eigenvalue weighted by atomic mass is 35.5. The van der Waals surface area contributed by atoms with Crippen LogP contribution in [0, 0.1) is 0 Å². The maximum absolute atomic E-state index is 12.9. The van der Waals surface area contributed by atoms with E-state index in [1.165, 1.54) is 0 Å². The van der Waals surface area contributed by atoms with Crippen LogP contribution in [0.3, 0.4) is 0 Å². The first-order valence-electron chi connectivity index (χ1n) is 9.79. The predicted octanol–water partition coefficient (Wildman–Crippen LogP) is 3.23. The molecule has 0 aliphatic carbocycles. The lowest BCUT2D eigenvalue weighted by Crippen LogP contribution is -2.42. The fraction of sp³-hybridized carbons (Fsp3) is 0.364. The smallest absolute Gasteiger partial charge is 0.256 e. The Morgan fingerprint density at radius 2 is 1.93 bits per heavy atom. The SMILES string of the molecule is CC(NC(=O)CNc1ccccc1C(=O)N1CCCC(O)C1)c1ccc(Cl)cc1. The van der Waals surface area contributed by atoms with Crippen LogP contribution in [0.1, 0.15) is 41.7 Å². The van der Waals surface area contributed by atoms with Gasteiger partial charge in [0.1, 0.15) is 0 Å². The molecule has 0 radical (unpaired) electrons. The molecular formula is C22H26ClN3O3. The van der Waals surface area contributed by atoms with E-state index in [-0.39, 0.29) is 24.4 Å². The number of para-hydroxylation sites is 1. The first kappa shape index (κ1) is 21.1. The van der Waals surface area contributed by atoms with Crippen molar-refractivity contribution in [3.8, 4) is 0 Å². The second kappa shape index (κ2) is 9.76. The number of amides is 2. The first-order chi connectivity index (χ1) is 13.9. The van der Waals surface area contributed by atoms with Gasteiger partial charge in [-0.15, -0.1) is 0 Å². The van der Waals surface area contributed by atoms with Crippen LogP contribution >= 0.6 is 11.6 Å². The van der Waals surface area contributed by atoms with Gasteiger partial charge in [-0.2, -0.15) is 0 Å². The Morgan fingerprint density at radius 3 is 2.66 bits per heavy atom. The van der Waals surface area contributed by atoms with E-state index in [9.17, 15) is 14.7 Å². The molecule has 0 bridgehead atoms. The number of piperidine rings is 1. The van der Waals surface area contributed by atoms with Gasteiger partial charge in [0, 0.05) is 23.8 Å². The number of carbonyl (C=O) groups is 2. The van der Waals surface area contributed by atoms with Gasteiger partial charge in [0.2, 0.25) is 5.91 Å². The minimum absolute atomic E-state index is 0.0465. The van der Waals surface area contributed by atoms with Gasteiger partial charge in [-0.3, -0.25) is 9.59 Å². The number of aliphatic hydroxyl groups is 1. The zero-order chi connectivity index (χ0) is 20.8. The summed E-state index contributed by atoms with van der Waals surface area (Å²) in [5.41, 5.74) is 2.06. The molecule has 3 rings (SSSR count). The third kappa shape index (κ3) is 5.71. The van der Waals surface area contributed by atoms with E-state index < -0.39 is 6.10 Å². The summed E-state index contributed by atoms with van der Waals surface area (Å²) in [7, 11) is 0. The number of aliphatic hydroxyl groups excluding tert-OH is 1. The number of carbonyl (C=O) groups excluding carboxylic acids is 2. The third-order valence-electron chi connectivity index (χ3n) is 5.03. The van der Waals surface area contributed by atoms with Gasteiger partial charge in [-0.1, -0.05) is 35.9 Å². The molecule has 29 heavy (non-hydrogen) atoms. The number of benzene rings is 2. The second-order valence-electron chi connectivity index (χ2n) is 7.29. The summed E-state index contributed by atoms with van der Waals surface area (Å²) in [4.78, 5) is 26.9. The number of nitrogens with zero attached hydrogens (tertiary/aromatic N) is 1. The van der Waals surface area contributed by atoms with Crippen LogP contribution in [0.25, 0.3) is 0 Å². The summed E-state index contributed by atoms with van der Waals surface area (Å²) in [5, 5.41) is 16.5. The lowest BCUT2D eigenvalue weighted by atomic mass is 10.1. The molecule has 0 spiro atoms. The number of halogens is 1. The molecule has 0 aromatic heterocycles. The Morgan fingerprint density at radius 1 is 1.21 bits per heavy atom. The average molecular weight is 416 g/mol. The Kier molecular flexibility index (Phi) is 7.12. The quantitative estimate of drug-likeness (QED) is 0.676. The number of β-amino-alcohol motifs (C(OH)–C–C–N with tert-alkyl or cyclic N) is 1. The number of hydrogen-bond acceptors (Lipinski definition) is 4. The zero-order valence-electron chi connectivity index (χ0n) is 16.4. The second-order valence-corrected chi connectivity index (χ2v) is 7.72. The highest BCUT2D eigenvalue weighted by Crippen LogP contribution is 2.20. The Balaban J connectivity index is 1.59. The molecule has 1 saturated heterocycles. The Bertz CT molecular complexity index is 857. The first-order valence-corrected chi connectivity index (χ1v) is 10.2. The van der Waals surface area contributed by atoms with Crippen LogP contribution < -0.4 is 10.6 Å². The molecule has 1 aliphatic heterocycles. The van der Waals surface area contributed by atoms with E-state index in [1.54, 1.807) is 35.2 Å². The van der Waals surface area contributed by atoms with Crippen molar-refractivity contribution >= 4 is 29.1 Å². The van der Waals surface area contributed by atoms with E-state index >= 15 is 0 Å². The summed E-state index contributed by atoms with van der Waals surface area (Å²) in [6, 6.07) is 14.3. The van der Waals surface area contributed by atoms with Gasteiger partial charge < -0.3 is 20.6 Å². The molecule has 1 fully saturated rings. The number of anilines is 1. The van der Waals surface area contributed by atoms with Crippen molar-refractivity contribution < 1.29 is 14.7 Å². The van der Waals surface area contributed by atoms with Crippen LogP contribution in [0.4, 0.5) is 5.69 Å². The fourth-order valence-electron chi connectivity index (χ4n) is 3.44. The lowest BCUT2D eigenvalue weighted by Gasteiger charge is -2.30. The lowest BCUT2D eigenvalue weighted by molar-refractivity contribution is -0.120. The zero-order valence-corrected chi connectivity index (χ0v) is 17.2. The van der Waals surface area contributed by atoms with Crippen molar-refractivity contribution in [2.24, 2.45) is 0 Å². The van der Waals surface area contributed by atoms with Gasteiger partial charge in [0.25, 0.3) is 5.91 Å². The number of hydrogen-bond donors (Lipinski definition) is 3. The summed E-state index contributed by atoms with van der Waals surface area (Å²) in [6.07, 6.45) is 1.02. The standard InChI is InChI=1S/C22H26ClN3O3/c1-15(16-8-10-17(23)11-9-16)25-21(28)13-24-20-7-3-2-6-19(20)22(29)26-12-4-5-18(27)14-26/h2-3,6-11,15,18,24,27H,4-5,12-14H2,1H3,(H,25,28). The molecule has 1 aliphatic rings. The molecule has 2 aromatic rings. The van der Waals surface area contributed by atoms with Crippen LogP contribution in [0.2, 0.25) is 5.02 Å². The molecule has 2 amide bonds. The van der Waals surface area contributed by atoms with Crippen LogP contribution in [-0.2, 0) is 4.79 Å². The van der Waals surface area contributed by atoms with Crippen molar-refractivity contribution in [1.29, 1.82) is 0 Å². The predicted molar refractivity (Wildman–Crippen MR) is 114 cm³/mol. The van der Waals surface area contributed by atoms with Crippen molar-refractivity contribution in [1.82, 2.24) is 10.2 Å². The van der Waals surface area contributed by atoms with Crippen molar-refractivity contribution in [3.05, 3.63) is 64.7 Å². The van der Waals surface area contributed by atoms with E-state index in [1.807, 2.05) is 25.1 Å². The molecular weight excluding hydrogens is 390 g/mol. The summed E-state index contributed by atoms with van der Waals surface area (Å²) in [5.74, 6) is -0.315. The van der Waals surface area contributed by atoms with Crippen molar-refractivity contribution in [2.45, 2.75) is 31.9 Å². The van der Waals surface area contributed by atoms with E-state index in [0.717, 1.165) is 18.4 Å². The van der Waals surface area contributed by atoms with E-state index in [2.05, 4.69) is 10.6 Å². The normalized spacial score (nSPS) is 17.5. The Labute approximate surface area is 175 Å². The molecule has 2 atom stereocenters. The minimum atomic E-state index is -0.479. The summed E-state index contributed by atoms with van der Waals surface area (Å²) >= 11 is 5.90. The topological polar surface area (TPSA) is 81.7 Å². The highest BCUT2D eigenvalue weighted by Gasteiger charge is 2.24. The van der Waals surface area contributed by atoms with Crippen molar-refractivity contribution in [2.75, 3.05) is 25.0 Å². The van der Waals surface area contributed by atoms with Crippen LogP contribution in [0.15, 0.2) is 48.5 Å². The number of nitrogens with one attached hydrogen (secondary N) is 2. The maximum Gasteiger partial charge on any atom is 0.256 e. The Hall–Kier alpha value is -2.57. The molecule has 0 saturated carbocycles. The van der Waals surface area contributed by atoms with Gasteiger partial charge >= 0.3 is 0 Å². The average Bonchev–Trinajstić information content (AvgIpc) is 2.72.